The maximum Gasteiger partial charge on any atom is 0.367 e. The van der Waals surface area contributed by atoms with E-state index < -0.39 is 29.3 Å². The molecule has 0 aliphatic carbocycles. The summed E-state index contributed by atoms with van der Waals surface area (Å²) in [6, 6.07) is 4.16. The number of hydrogen-bond acceptors (Lipinski definition) is 6. The lowest BCUT2D eigenvalue weighted by Gasteiger charge is -2.29. The van der Waals surface area contributed by atoms with Crippen molar-refractivity contribution in [1.82, 2.24) is 0 Å². The Morgan fingerprint density at radius 3 is 2.35 bits per heavy atom. The van der Waals surface area contributed by atoms with Crippen LogP contribution < -0.4 is 4.74 Å². The number of carbonyl (C=O) groups excluding carboxylic acids is 2. The van der Waals surface area contributed by atoms with E-state index in [1.807, 2.05) is 0 Å². The van der Waals surface area contributed by atoms with Gasteiger partial charge >= 0.3 is 11.9 Å². The molecule has 0 radical (unpaired) electrons. The average molecular weight is 281 g/mol. The molecule has 1 heterocycles. The first kappa shape index (κ1) is 14.0. The molecule has 0 saturated carbocycles. The van der Waals surface area contributed by atoms with Gasteiger partial charge in [0.1, 0.15) is 5.69 Å². The number of halogens is 1. The fourth-order valence-electron chi connectivity index (χ4n) is 1.60. The quantitative estimate of drug-likeness (QED) is 0.772. The fourth-order valence-corrected chi connectivity index (χ4v) is 1.60. The predicted molar refractivity (Wildman–Crippen MR) is 66.3 cm³/mol. The number of esters is 2. The van der Waals surface area contributed by atoms with Crippen LogP contribution >= 0.6 is 0 Å². The van der Waals surface area contributed by atoms with Crippen molar-refractivity contribution >= 4 is 23.3 Å². The van der Waals surface area contributed by atoms with Crippen LogP contribution in [-0.4, -0.2) is 30.5 Å². The number of hydrogen-bond donors (Lipinski definition) is 0. The second-order valence-corrected chi connectivity index (χ2v) is 4.43. The third kappa shape index (κ3) is 2.61. The van der Waals surface area contributed by atoms with Crippen molar-refractivity contribution in [3.8, 4) is 5.75 Å². The Morgan fingerprint density at radius 1 is 1.20 bits per heavy atom. The lowest BCUT2D eigenvalue weighted by molar-refractivity contribution is -0.214. The molecule has 7 heteroatoms. The SMILES string of the molecule is COc1cccc(N=C2C(=O)OC(C)(C)OC2=O)c1F. The van der Waals surface area contributed by atoms with Crippen molar-refractivity contribution in [1.29, 1.82) is 0 Å². The van der Waals surface area contributed by atoms with Crippen molar-refractivity contribution < 1.29 is 28.2 Å². The average Bonchev–Trinajstić information content (AvgIpc) is 2.34. The van der Waals surface area contributed by atoms with Crippen LogP contribution in [0.2, 0.25) is 0 Å². The number of ether oxygens (including phenoxy) is 3. The molecule has 1 aliphatic heterocycles. The van der Waals surface area contributed by atoms with Gasteiger partial charge in [-0.3, -0.25) is 0 Å². The highest BCUT2D eigenvalue weighted by Crippen LogP contribution is 2.27. The van der Waals surface area contributed by atoms with Crippen LogP contribution in [0.15, 0.2) is 23.2 Å². The molecule has 0 N–H and O–H groups in total. The number of benzene rings is 1. The molecule has 20 heavy (non-hydrogen) atoms. The van der Waals surface area contributed by atoms with Gasteiger partial charge in [0.05, 0.1) is 7.11 Å². The molecule has 1 aromatic rings. The van der Waals surface area contributed by atoms with E-state index in [1.54, 1.807) is 0 Å². The van der Waals surface area contributed by atoms with Gasteiger partial charge in [-0.15, -0.1) is 0 Å². The molecule has 1 saturated heterocycles. The Kier molecular flexibility index (Phi) is 3.44. The van der Waals surface area contributed by atoms with Gasteiger partial charge < -0.3 is 14.2 Å². The van der Waals surface area contributed by atoms with Crippen molar-refractivity contribution in [2.75, 3.05) is 7.11 Å². The number of methoxy groups -OCH3 is 1. The molecule has 0 aromatic heterocycles. The number of aliphatic imine (C=N–C) groups is 1. The van der Waals surface area contributed by atoms with Crippen LogP contribution in [0.4, 0.5) is 10.1 Å². The van der Waals surface area contributed by atoms with Gasteiger partial charge in [-0.25, -0.2) is 19.0 Å². The second kappa shape index (κ2) is 4.92. The zero-order valence-electron chi connectivity index (χ0n) is 11.1. The van der Waals surface area contributed by atoms with Gasteiger partial charge in [0, 0.05) is 13.8 Å². The monoisotopic (exact) mass is 281 g/mol. The molecular weight excluding hydrogens is 269 g/mol. The van der Waals surface area contributed by atoms with Crippen LogP contribution in [0.3, 0.4) is 0 Å². The standard InChI is InChI=1S/C13H12FNO5/c1-13(2)19-11(16)10(12(17)20-13)15-7-5-4-6-8(18-3)9(7)14/h4-6H,1-3H3. The second-order valence-electron chi connectivity index (χ2n) is 4.43. The molecule has 0 atom stereocenters. The largest absolute Gasteiger partial charge is 0.494 e. The van der Waals surface area contributed by atoms with Crippen LogP contribution in [0.25, 0.3) is 0 Å². The summed E-state index contributed by atoms with van der Waals surface area (Å²) in [7, 11) is 1.29. The van der Waals surface area contributed by atoms with Crippen molar-refractivity contribution in [2.24, 2.45) is 4.99 Å². The first-order chi connectivity index (χ1) is 9.34. The Balaban J connectivity index is 2.41. The first-order valence-corrected chi connectivity index (χ1v) is 5.72. The fraction of sp³-hybridized carbons (Fsp3) is 0.308. The Morgan fingerprint density at radius 2 is 1.80 bits per heavy atom. The minimum absolute atomic E-state index is 0.0512. The number of rotatable bonds is 2. The van der Waals surface area contributed by atoms with Gasteiger partial charge in [-0.1, -0.05) is 6.07 Å². The summed E-state index contributed by atoms with van der Waals surface area (Å²) in [6.07, 6.45) is 0. The molecule has 1 aromatic carbocycles. The lowest BCUT2D eigenvalue weighted by Crippen LogP contribution is -2.46. The smallest absolute Gasteiger partial charge is 0.367 e. The molecular formula is C13H12FNO5. The summed E-state index contributed by atoms with van der Waals surface area (Å²) in [5.74, 6) is -4.13. The maximum absolute atomic E-state index is 13.9. The van der Waals surface area contributed by atoms with Gasteiger partial charge in [0.25, 0.3) is 5.79 Å². The Bertz CT molecular complexity index is 587. The van der Waals surface area contributed by atoms with E-state index in [9.17, 15) is 14.0 Å². The minimum Gasteiger partial charge on any atom is -0.494 e. The van der Waals surface area contributed by atoms with Crippen molar-refractivity contribution in [2.45, 2.75) is 19.6 Å². The molecule has 1 aliphatic rings. The normalized spacial score (nSPS) is 17.3. The van der Waals surface area contributed by atoms with Gasteiger partial charge in [-0.2, -0.15) is 0 Å². The molecule has 6 nitrogen and oxygen atoms in total. The van der Waals surface area contributed by atoms with Crippen LogP contribution in [-0.2, 0) is 19.1 Å². The summed E-state index contributed by atoms with van der Waals surface area (Å²) >= 11 is 0. The van der Waals surface area contributed by atoms with Crippen LogP contribution in [0, 0.1) is 5.82 Å². The molecule has 0 amide bonds. The van der Waals surface area contributed by atoms with Gasteiger partial charge in [0.2, 0.25) is 5.71 Å². The maximum atomic E-state index is 13.9. The van der Waals surface area contributed by atoms with E-state index in [2.05, 4.69) is 4.99 Å². The van der Waals surface area contributed by atoms with E-state index in [0.717, 1.165) is 0 Å². The number of carbonyl (C=O) groups is 2. The number of nitrogens with zero attached hydrogens (tertiary/aromatic N) is 1. The summed E-state index contributed by atoms with van der Waals surface area (Å²) < 4.78 is 28.4. The molecule has 106 valence electrons. The highest BCUT2D eigenvalue weighted by Gasteiger charge is 2.40. The summed E-state index contributed by atoms with van der Waals surface area (Å²) in [6.45, 7) is 2.82. The molecule has 0 unspecified atom stereocenters. The first-order valence-electron chi connectivity index (χ1n) is 5.72. The lowest BCUT2D eigenvalue weighted by atomic mass is 10.2. The van der Waals surface area contributed by atoms with Crippen LogP contribution in [0.1, 0.15) is 13.8 Å². The number of cyclic esters (lactones) is 2. The third-order valence-electron chi connectivity index (χ3n) is 2.46. The summed E-state index contributed by atoms with van der Waals surface area (Å²) in [5, 5.41) is 0. The third-order valence-corrected chi connectivity index (χ3v) is 2.46. The minimum atomic E-state index is -1.36. The molecule has 0 bridgehead atoms. The highest BCUT2D eigenvalue weighted by atomic mass is 19.1. The van der Waals surface area contributed by atoms with Crippen molar-refractivity contribution in [3.63, 3.8) is 0 Å². The Hall–Kier alpha value is -2.44. The predicted octanol–water partition coefficient (Wildman–Crippen LogP) is 1.74. The highest BCUT2D eigenvalue weighted by molar-refractivity contribution is 6.63. The van der Waals surface area contributed by atoms with Crippen molar-refractivity contribution in [3.05, 3.63) is 24.0 Å². The van der Waals surface area contributed by atoms with Gasteiger partial charge in [0.15, 0.2) is 11.6 Å². The molecule has 2 rings (SSSR count). The van der Waals surface area contributed by atoms with E-state index >= 15 is 0 Å². The van der Waals surface area contributed by atoms with E-state index in [-0.39, 0.29) is 11.4 Å². The zero-order valence-corrected chi connectivity index (χ0v) is 11.1. The summed E-state index contributed by atoms with van der Waals surface area (Å²) in [5.41, 5.74) is -0.829. The van der Waals surface area contributed by atoms with Crippen LogP contribution in [0.5, 0.6) is 5.75 Å². The Labute approximate surface area is 114 Å². The van der Waals surface area contributed by atoms with E-state index in [0.29, 0.717) is 0 Å². The zero-order chi connectivity index (χ0) is 14.9. The molecule has 1 fully saturated rings. The molecule has 0 spiro atoms. The van der Waals surface area contributed by atoms with Gasteiger partial charge in [-0.05, 0) is 12.1 Å². The van der Waals surface area contributed by atoms with E-state index in [4.69, 9.17) is 14.2 Å². The summed E-state index contributed by atoms with van der Waals surface area (Å²) in [4.78, 5) is 27.0. The topological polar surface area (TPSA) is 74.2 Å². The van der Waals surface area contributed by atoms with E-state index in [1.165, 1.54) is 39.2 Å².